The highest BCUT2D eigenvalue weighted by molar-refractivity contribution is 7.84. The molecule has 0 bridgehead atoms. The summed E-state index contributed by atoms with van der Waals surface area (Å²) in [5.74, 6) is -0.144. The van der Waals surface area contributed by atoms with Crippen LogP contribution in [0.15, 0.2) is 41.3 Å². The van der Waals surface area contributed by atoms with E-state index in [-0.39, 0.29) is 5.69 Å². The van der Waals surface area contributed by atoms with E-state index in [9.17, 15) is 26.9 Å². The van der Waals surface area contributed by atoms with Crippen molar-refractivity contribution in [3.05, 3.63) is 59.0 Å². The third-order valence-corrected chi connectivity index (χ3v) is 7.12. The minimum atomic E-state index is -4.94. The molecule has 9 heteroatoms. The maximum absolute atomic E-state index is 14.2. The van der Waals surface area contributed by atoms with E-state index in [1.165, 1.54) is 24.5 Å². The van der Waals surface area contributed by atoms with E-state index in [0.717, 1.165) is 0 Å². The molecule has 2 N–H and O–H groups in total. The van der Waals surface area contributed by atoms with Crippen LogP contribution >= 0.6 is 0 Å². The van der Waals surface area contributed by atoms with Gasteiger partial charge in [-0.2, -0.15) is 13.2 Å². The zero-order valence-electron chi connectivity index (χ0n) is 18.5. The number of rotatable bonds is 6. The van der Waals surface area contributed by atoms with Gasteiger partial charge in [0.1, 0.15) is 11.6 Å². The normalized spacial score (nSPS) is 17.0. The van der Waals surface area contributed by atoms with Crippen molar-refractivity contribution in [3.8, 4) is 5.75 Å². The summed E-state index contributed by atoms with van der Waals surface area (Å²) in [6.07, 6.45) is -4.33. The second-order valence-corrected chi connectivity index (χ2v) is 10.7. The van der Waals surface area contributed by atoms with Gasteiger partial charge >= 0.3 is 6.18 Å². The van der Waals surface area contributed by atoms with Gasteiger partial charge in [-0.25, -0.2) is 4.39 Å². The molecule has 0 fully saturated rings. The molecule has 178 valence electrons. The Hall–Kier alpha value is -2.39. The van der Waals surface area contributed by atoms with Gasteiger partial charge in [0.2, 0.25) is 0 Å². The van der Waals surface area contributed by atoms with Crippen molar-refractivity contribution in [1.82, 2.24) is 4.98 Å². The molecule has 0 aliphatic carbocycles. The third kappa shape index (κ3) is 4.53. The lowest BCUT2D eigenvalue weighted by Gasteiger charge is -2.38. The SMILES string of the molecule is CS(=O)c1ccc2[nH]c(CC(O)(CC(C)(C)c3cc(F)cc4c3OCC4)C(F)(F)F)cc2c1. The Balaban J connectivity index is 1.70. The summed E-state index contributed by atoms with van der Waals surface area (Å²) in [5.41, 5.74) is -2.61. The fraction of sp³-hybridized carbons (Fsp3) is 0.417. The van der Waals surface area contributed by atoms with Crippen LogP contribution in [0.25, 0.3) is 10.9 Å². The fourth-order valence-corrected chi connectivity index (χ4v) is 5.17. The molecule has 4 nitrogen and oxygen atoms in total. The molecule has 1 aliphatic rings. The number of hydrogen-bond donors (Lipinski definition) is 2. The number of H-pyrrole nitrogens is 1. The Morgan fingerprint density at radius 1 is 1.15 bits per heavy atom. The quantitative estimate of drug-likeness (QED) is 0.475. The monoisotopic (exact) mass is 483 g/mol. The number of aromatic nitrogens is 1. The van der Waals surface area contributed by atoms with Crippen LogP contribution in [0.3, 0.4) is 0 Å². The van der Waals surface area contributed by atoms with E-state index in [0.29, 0.717) is 45.7 Å². The van der Waals surface area contributed by atoms with E-state index < -0.39 is 46.7 Å². The number of hydrogen-bond acceptors (Lipinski definition) is 3. The van der Waals surface area contributed by atoms with Crippen LogP contribution in [0, 0.1) is 5.82 Å². The molecule has 3 aromatic rings. The van der Waals surface area contributed by atoms with Gasteiger partial charge in [-0.15, -0.1) is 0 Å². The Bertz CT molecular complexity index is 1230. The molecule has 0 spiro atoms. The number of nitrogens with one attached hydrogen (secondary N) is 1. The topological polar surface area (TPSA) is 62.3 Å². The number of fused-ring (bicyclic) bond motifs is 2. The highest BCUT2D eigenvalue weighted by Gasteiger charge is 2.56. The third-order valence-electron chi connectivity index (χ3n) is 6.20. The molecule has 0 amide bonds. The van der Waals surface area contributed by atoms with Gasteiger partial charge in [-0.1, -0.05) is 13.8 Å². The lowest BCUT2D eigenvalue weighted by atomic mass is 9.72. The van der Waals surface area contributed by atoms with Gasteiger partial charge in [0, 0.05) is 62.5 Å². The van der Waals surface area contributed by atoms with Crippen LogP contribution in [0.2, 0.25) is 0 Å². The second kappa shape index (κ2) is 8.13. The van der Waals surface area contributed by atoms with Gasteiger partial charge < -0.3 is 14.8 Å². The highest BCUT2D eigenvalue weighted by atomic mass is 32.2. The first-order chi connectivity index (χ1) is 15.3. The molecule has 1 aromatic heterocycles. The van der Waals surface area contributed by atoms with Gasteiger partial charge in [-0.05, 0) is 48.2 Å². The van der Waals surface area contributed by atoms with Crippen molar-refractivity contribution < 1.29 is 31.6 Å². The summed E-state index contributed by atoms with van der Waals surface area (Å²) in [6.45, 7) is 3.44. The number of benzene rings is 2. The summed E-state index contributed by atoms with van der Waals surface area (Å²) in [4.78, 5) is 3.48. The van der Waals surface area contributed by atoms with Crippen molar-refractivity contribution in [2.24, 2.45) is 0 Å². The average molecular weight is 484 g/mol. The van der Waals surface area contributed by atoms with E-state index in [1.807, 2.05) is 0 Å². The van der Waals surface area contributed by atoms with Crippen molar-refractivity contribution in [1.29, 1.82) is 0 Å². The molecule has 0 saturated heterocycles. The molecule has 2 atom stereocenters. The Morgan fingerprint density at radius 2 is 1.88 bits per heavy atom. The minimum Gasteiger partial charge on any atom is -0.493 e. The molecule has 2 heterocycles. The zero-order valence-corrected chi connectivity index (χ0v) is 19.3. The highest BCUT2D eigenvalue weighted by Crippen LogP contribution is 2.47. The van der Waals surface area contributed by atoms with Crippen LogP contribution in [-0.4, -0.2) is 38.9 Å². The average Bonchev–Trinajstić information content (AvgIpc) is 3.30. The van der Waals surface area contributed by atoms with Crippen LogP contribution in [0.1, 0.15) is 37.1 Å². The predicted molar refractivity (Wildman–Crippen MR) is 119 cm³/mol. The molecular formula is C24H25F4NO3S. The first-order valence-corrected chi connectivity index (χ1v) is 12.0. The van der Waals surface area contributed by atoms with Crippen molar-refractivity contribution in [3.63, 3.8) is 0 Å². The van der Waals surface area contributed by atoms with Crippen LogP contribution in [0.5, 0.6) is 5.75 Å². The first kappa shape index (κ1) is 23.8. The molecule has 1 aliphatic heterocycles. The van der Waals surface area contributed by atoms with Crippen LogP contribution in [-0.2, 0) is 29.1 Å². The summed E-state index contributed by atoms with van der Waals surface area (Å²) in [5, 5.41) is 11.6. The summed E-state index contributed by atoms with van der Waals surface area (Å²) >= 11 is 0. The Morgan fingerprint density at radius 3 is 2.55 bits per heavy atom. The maximum Gasteiger partial charge on any atom is 0.417 e. The number of aliphatic hydroxyl groups is 1. The Kier molecular flexibility index (Phi) is 5.85. The van der Waals surface area contributed by atoms with Crippen LogP contribution < -0.4 is 4.74 Å². The fourth-order valence-electron chi connectivity index (χ4n) is 4.62. The smallest absolute Gasteiger partial charge is 0.417 e. The molecule has 33 heavy (non-hydrogen) atoms. The summed E-state index contributed by atoms with van der Waals surface area (Å²) in [6, 6.07) is 8.99. The lowest BCUT2D eigenvalue weighted by Crippen LogP contribution is -2.51. The van der Waals surface area contributed by atoms with Gasteiger partial charge in [0.05, 0.1) is 6.61 Å². The predicted octanol–water partition coefficient (Wildman–Crippen LogP) is 5.18. The van der Waals surface area contributed by atoms with Crippen LogP contribution in [0.4, 0.5) is 17.6 Å². The lowest BCUT2D eigenvalue weighted by molar-refractivity contribution is -0.266. The van der Waals surface area contributed by atoms with Crippen molar-refractivity contribution in [2.45, 2.75) is 55.2 Å². The van der Waals surface area contributed by atoms with Gasteiger partial charge in [-0.3, -0.25) is 4.21 Å². The number of ether oxygens (including phenoxy) is 1. The van der Waals surface area contributed by atoms with E-state index >= 15 is 0 Å². The molecule has 0 radical (unpaired) electrons. The van der Waals surface area contributed by atoms with E-state index in [2.05, 4.69) is 4.98 Å². The van der Waals surface area contributed by atoms with E-state index in [4.69, 9.17) is 4.74 Å². The standard InChI is InChI=1S/C24H25F4NO3S/c1-22(2,19-11-16(25)8-14-6-7-32-21(14)19)13-23(30,24(26,27)28)12-17-9-15-10-18(33(3)31)4-5-20(15)29-17/h4-5,8-11,29-30H,6-7,12-13H2,1-3H3. The maximum atomic E-state index is 14.2. The first-order valence-electron chi connectivity index (χ1n) is 10.5. The molecule has 2 aromatic carbocycles. The second-order valence-electron chi connectivity index (χ2n) is 9.30. The number of halogens is 4. The van der Waals surface area contributed by atoms with Gasteiger partial charge in [0.15, 0.2) is 5.60 Å². The van der Waals surface area contributed by atoms with Gasteiger partial charge in [0.25, 0.3) is 0 Å². The molecular weight excluding hydrogens is 458 g/mol. The minimum absolute atomic E-state index is 0.195. The zero-order chi connectivity index (χ0) is 24.2. The number of alkyl halides is 3. The van der Waals surface area contributed by atoms with Crippen molar-refractivity contribution >= 4 is 21.7 Å². The van der Waals surface area contributed by atoms with E-state index in [1.54, 1.807) is 32.0 Å². The molecule has 4 rings (SSSR count). The largest absolute Gasteiger partial charge is 0.493 e. The summed E-state index contributed by atoms with van der Waals surface area (Å²) < 4.78 is 74.1. The Labute approximate surface area is 191 Å². The van der Waals surface area contributed by atoms with Crippen molar-refractivity contribution in [2.75, 3.05) is 12.9 Å². The number of aromatic amines is 1. The summed E-state index contributed by atoms with van der Waals surface area (Å²) in [7, 11) is -1.23. The molecule has 0 saturated carbocycles. The molecule has 2 unspecified atom stereocenters.